The second-order valence-electron chi connectivity index (χ2n) is 6.32. The van der Waals surface area contributed by atoms with Gasteiger partial charge in [-0.15, -0.1) is 0 Å². The van der Waals surface area contributed by atoms with Crippen LogP contribution in [-0.4, -0.2) is 55.3 Å². The highest BCUT2D eigenvalue weighted by Crippen LogP contribution is 2.21. The zero-order chi connectivity index (χ0) is 18.9. The van der Waals surface area contributed by atoms with Crippen molar-refractivity contribution in [3.8, 4) is 11.6 Å². The van der Waals surface area contributed by atoms with E-state index in [1.54, 1.807) is 18.3 Å². The molecule has 7 nitrogen and oxygen atoms in total. The Labute approximate surface area is 159 Å². The molecule has 144 valence electrons. The van der Waals surface area contributed by atoms with Crippen molar-refractivity contribution in [2.24, 2.45) is 0 Å². The molecule has 1 aliphatic heterocycles. The molecule has 1 saturated heterocycles. The number of hydrogen-bond acceptors (Lipinski definition) is 5. The number of nitrogens with zero attached hydrogens (tertiary/aromatic N) is 2. The van der Waals surface area contributed by atoms with Gasteiger partial charge in [0.15, 0.2) is 0 Å². The number of rotatable bonds is 7. The predicted octanol–water partition coefficient (Wildman–Crippen LogP) is 2.89. The number of ether oxygens (including phenoxy) is 2. The summed E-state index contributed by atoms with van der Waals surface area (Å²) >= 11 is 0. The summed E-state index contributed by atoms with van der Waals surface area (Å²) in [6, 6.07) is 11.2. The van der Waals surface area contributed by atoms with Crippen molar-refractivity contribution in [1.29, 1.82) is 0 Å². The lowest BCUT2D eigenvalue weighted by atomic mass is 10.2. The number of morpholine rings is 1. The predicted molar refractivity (Wildman–Crippen MR) is 104 cm³/mol. The van der Waals surface area contributed by atoms with Crippen LogP contribution in [-0.2, 0) is 11.2 Å². The van der Waals surface area contributed by atoms with Gasteiger partial charge < -0.3 is 20.1 Å². The van der Waals surface area contributed by atoms with Gasteiger partial charge in [0, 0.05) is 32.2 Å². The Morgan fingerprint density at radius 3 is 2.85 bits per heavy atom. The number of nitrogens with one attached hydrogen (secondary N) is 2. The summed E-state index contributed by atoms with van der Waals surface area (Å²) in [7, 11) is 0. The fourth-order valence-electron chi connectivity index (χ4n) is 2.79. The minimum atomic E-state index is -0.241. The van der Waals surface area contributed by atoms with E-state index in [4.69, 9.17) is 9.47 Å². The van der Waals surface area contributed by atoms with Crippen LogP contribution in [0.5, 0.6) is 11.6 Å². The molecule has 0 bridgehead atoms. The van der Waals surface area contributed by atoms with Gasteiger partial charge in [0.25, 0.3) is 0 Å². The molecule has 2 heterocycles. The van der Waals surface area contributed by atoms with Crippen LogP contribution in [0.4, 0.5) is 10.5 Å². The molecule has 2 N–H and O–H groups in total. The number of pyridine rings is 1. The van der Waals surface area contributed by atoms with Crippen molar-refractivity contribution < 1.29 is 14.3 Å². The Morgan fingerprint density at radius 2 is 2.11 bits per heavy atom. The third-order valence-electron chi connectivity index (χ3n) is 4.34. The van der Waals surface area contributed by atoms with Gasteiger partial charge in [0.05, 0.1) is 25.1 Å². The Balaban J connectivity index is 1.43. The van der Waals surface area contributed by atoms with E-state index in [0.717, 1.165) is 45.0 Å². The minimum absolute atomic E-state index is 0.241. The molecular weight excluding hydrogens is 344 g/mol. The topological polar surface area (TPSA) is 75.7 Å². The van der Waals surface area contributed by atoms with Crippen LogP contribution in [0.2, 0.25) is 0 Å². The highest BCUT2D eigenvalue weighted by atomic mass is 16.5. The molecular formula is C20H26N4O3. The van der Waals surface area contributed by atoms with Gasteiger partial charge >= 0.3 is 6.03 Å². The summed E-state index contributed by atoms with van der Waals surface area (Å²) in [5.41, 5.74) is 1.83. The van der Waals surface area contributed by atoms with Crippen LogP contribution in [0.25, 0.3) is 0 Å². The smallest absolute Gasteiger partial charge is 0.319 e. The van der Waals surface area contributed by atoms with Crippen molar-refractivity contribution in [2.45, 2.75) is 13.3 Å². The van der Waals surface area contributed by atoms with E-state index >= 15 is 0 Å². The first kappa shape index (κ1) is 19.1. The third kappa shape index (κ3) is 6.23. The molecule has 0 aliphatic carbocycles. The second kappa shape index (κ2) is 9.89. The van der Waals surface area contributed by atoms with E-state index in [9.17, 15) is 4.79 Å². The summed E-state index contributed by atoms with van der Waals surface area (Å²) in [4.78, 5) is 18.5. The molecule has 1 aromatic heterocycles. The van der Waals surface area contributed by atoms with E-state index in [1.165, 1.54) is 5.56 Å². The lowest BCUT2D eigenvalue weighted by molar-refractivity contribution is 0.0388. The average molecular weight is 370 g/mol. The fraction of sp³-hybridized carbons (Fsp3) is 0.400. The van der Waals surface area contributed by atoms with Crippen LogP contribution >= 0.6 is 0 Å². The van der Waals surface area contributed by atoms with Crippen molar-refractivity contribution in [3.63, 3.8) is 0 Å². The third-order valence-corrected chi connectivity index (χ3v) is 4.34. The van der Waals surface area contributed by atoms with Gasteiger partial charge in [-0.3, -0.25) is 4.90 Å². The molecule has 0 radical (unpaired) electrons. The van der Waals surface area contributed by atoms with E-state index in [-0.39, 0.29) is 6.03 Å². The monoisotopic (exact) mass is 370 g/mol. The molecule has 0 unspecified atom stereocenters. The Morgan fingerprint density at radius 1 is 1.26 bits per heavy atom. The highest BCUT2D eigenvalue weighted by Gasteiger charge is 2.10. The number of aryl methyl sites for hydroxylation is 1. The molecule has 0 saturated carbocycles. The van der Waals surface area contributed by atoms with Crippen LogP contribution < -0.4 is 15.4 Å². The number of anilines is 1. The summed E-state index contributed by atoms with van der Waals surface area (Å²) in [6.07, 6.45) is 2.54. The van der Waals surface area contributed by atoms with Crippen molar-refractivity contribution in [2.75, 3.05) is 44.7 Å². The van der Waals surface area contributed by atoms with Gasteiger partial charge in [-0.25, -0.2) is 9.78 Å². The van der Waals surface area contributed by atoms with Crippen molar-refractivity contribution in [1.82, 2.24) is 15.2 Å². The Kier molecular flexibility index (Phi) is 7.01. The Hall–Kier alpha value is -2.64. The molecule has 27 heavy (non-hydrogen) atoms. The SMILES string of the molecule is CCc1cccc(Oc2ccc(NC(=O)NCCN3CCOCC3)cn2)c1. The molecule has 1 aliphatic rings. The molecule has 2 amide bonds. The zero-order valence-corrected chi connectivity index (χ0v) is 15.6. The maximum atomic E-state index is 12.0. The number of aromatic nitrogens is 1. The molecule has 3 rings (SSSR count). The first-order valence-electron chi connectivity index (χ1n) is 9.31. The normalized spacial score (nSPS) is 14.6. The highest BCUT2D eigenvalue weighted by molar-refractivity contribution is 5.88. The van der Waals surface area contributed by atoms with Gasteiger partial charge in [-0.1, -0.05) is 19.1 Å². The molecule has 1 fully saturated rings. The van der Waals surface area contributed by atoms with Crippen molar-refractivity contribution >= 4 is 11.7 Å². The van der Waals surface area contributed by atoms with Crippen LogP contribution in [0.1, 0.15) is 12.5 Å². The van der Waals surface area contributed by atoms with E-state index in [2.05, 4.69) is 33.5 Å². The maximum absolute atomic E-state index is 12.0. The summed E-state index contributed by atoms with van der Waals surface area (Å²) in [5.74, 6) is 1.24. The zero-order valence-electron chi connectivity index (χ0n) is 15.6. The molecule has 7 heteroatoms. The number of carbonyl (C=O) groups excluding carboxylic acids is 1. The van der Waals surface area contributed by atoms with Crippen LogP contribution in [0.3, 0.4) is 0 Å². The average Bonchev–Trinajstić information content (AvgIpc) is 2.70. The lowest BCUT2D eigenvalue weighted by Gasteiger charge is -2.26. The van der Waals surface area contributed by atoms with Gasteiger partial charge in [-0.05, 0) is 30.2 Å². The van der Waals surface area contributed by atoms with Crippen LogP contribution in [0.15, 0.2) is 42.6 Å². The van der Waals surface area contributed by atoms with E-state index < -0.39 is 0 Å². The van der Waals surface area contributed by atoms with Gasteiger partial charge in [-0.2, -0.15) is 0 Å². The quantitative estimate of drug-likeness (QED) is 0.784. The Bertz CT molecular complexity index is 730. The number of carbonyl (C=O) groups is 1. The lowest BCUT2D eigenvalue weighted by Crippen LogP contribution is -2.42. The number of urea groups is 1. The molecule has 0 spiro atoms. The van der Waals surface area contributed by atoms with E-state index in [0.29, 0.717) is 18.1 Å². The number of benzene rings is 1. The number of amides is 2. The standard InChI is InChI=1S/C20H26N4O3/c1-2-16-4-3-5-18(14-16)27-19-7-6-17(15-22-19)23-20(25)21-8-9-24-10-12-26-13-11-24/h3-7,14-15H,2,8-13H2,1H3,(H2,21,23,25). The number of hydrogen-bond donors (Lipinski definition) is 2. The van der Waals surface area contributed by atoms with Crippen LogP contribution in [0, 0.1) is 0 Å². The van der Waals surface area contributed by atoms with Gasteiger partial charge in [0.1, 0.15) is 5.75 Å². The first-order valence-corrected chi connectivity index (χ1v) is 9.31. The largest absolute Gasteiger partial charge is 0.439 e. The summed E-state index contributed by atoms with van der Waals surface area (Å²) in [5, 5.41) is 5.63. The molecule has 1 aromatic carbocycles. The summed E-state index contributed by atoms with van der Waals surface area (Å²) < 4.78 is 11.1. The van der Waals surface area contributed by atoms with E-state index in [1.807, 2.05) is 18.2 Å². The molecule has 2 aromatic rings. The minimum Gasteiger partial charge on any atom is -0.439 e. The maximum Gasteiger partial charge on any atom is 0.319 e. The molecule has 0 atom stereocenters. The fourth-order valence-corrected chi connectivity index (χ4v) is 2.79. The summed E-state index contributed by atoms with van der Waals surface area (Å²) in [6.45, 7) is 6.85. The van der Waals surface area contributed by atoms with Crippen molar-refractivity contribution in [3.05, 3.63) is 48.2 Å². The second-order valence-corrected chi connectivity index (χ2v) is 6.32. The first-order chi connectivity index (χ1) is 13.2. The van der Waals surface area contributed by atoms with Gasteiger partial charge in [0.2, 0.25) is 5.88 Å².